The molecule has 0 saturated heterocycles. The van der Waals surface area contributed by atoms with E-state index in [9.17, 15) is 5.11 Å². The lowest BCUT2D eigenvalue weighted by Gasteiger charge is -2.24. The fraction of sp³-hybridized carbons (Fsp3) is 0.769. The average Bonchev–Trinajstić information content (AvgIpc) is 2.81. The van der Waals surface area contributed by atoms with Gasteiger partial charge in [0.2, 0.25) is 0 Å². The molecule has 4 nitrogen and oxygen atoms in total. The summed E-state index contributed by atoms with van der Waals surface area (Å²) in [6.45, 7) is 7.80. The number of hydrogen-bond acceptors (Lipinski definition) is 3. The molecule has 0 radical (unpaired) electrons. The molecule has 0 fully saturated rings. The lowest BCUT2D eigenvalue weighted by molar-refractivity contribution is 0.139. The predicted molar refractivity (Wildman–Crippen MR) is 69.8 cm³/mol. The molecule has 0 spiro atoms. The largest absolute Gasteiger partial charge is 0.390 e. The number of hydrogen-bond donors (Lipinski definition) is 2. The molecule has 2 atom stereocenters. The summed E-state index contributed by atoms with van der Waals surface area (Å²) >= 11 is 0. The summed E-state index contributed by atoms with van der Waals surface area (Å²) in [7, 11) is 0. The van der Waals surface area contributed by atoms with Gasteiger partial charge in [-0.25, -0.2) is 0 Å². The van der Waals surface area contributed by atoms with Crippen molar-refractivity contribution in [1.82, 2.24) is 15.1 Å². The Bertz CT molecular complexity index is 283. The van der Waals surface area contributed by atoms with Crippen LogP contribution in [0.1, 0.15) is 33.6 Å². The van der Waals surface area contributed by atoms with Crippen molar-refractivity contribution in [2.24, 2.45) is 5.92 Å². The fourth-order valence-corrected chi connectivity index (χ4v) is 2.17. The van der Waals surface area contributed by atoms with E-state index in [1.54, 1.807) is 10.9 Å². The van der Waals surface area contributed by atoms with Crippen molar-refractivity contribution in [1.29, 1.82) is 0 Å². The maximum Gasteiger partial charge on any atom is 0.0860 e. The molecule has 1 rings (SSSR count). The molecule has 0 aliphatic heterocycles. The van der Waals surface area contributed by atoms with Crippen LogP contribution in [0.25, 0.3) is 0 Å². The molecule has 1 aromatic heterocycles. The van der Waals surface area contributed by atoms with E-state index in [4.69, 9.17) is 0 Å². The predicted octanol–water partition coefficient (Wildman–Crippen LogP) is 1.66. The summed E-state index contributed by atoms with van der Waals surface area (Å²) in [6, 6.07) is 2.32. The topological polar surface area (TPSA) is 50.1 Å². The zero-order valence-electron chi connectivity index (χ0n) is 11.1. The standard InChI is InChI=1S/C13H25N3O/c1-4-12(5-2)11(3)14-9-13(17)10-16-8-6-7-15-16/h6-8,11-14,17H,4-5,9-10H2,1-3H3. The second-order valence-corrected chi connectivity index (χ2v) is 4.66. The van der Waals surface area contributed by atoms with Crippen molar-refractivity contribution >= 4 is 0 Å². The SMILES string of the molecule is CCC(CC)C(C)NCC(O)Cn1cccn1. The van der Waals surface area contributed by atoms with Crippen molar-refractivity contribution in [3.05, 3.63) is 18.5 Å². The van der Waals surface area contributed by atoms with Crippen molar-refractivity contribution in [2.75, 3.05) is 6.54 Å². The zero-order chi connectivity index (χ0) is 12.7. The molecule has 0 aliphatic carbocycles. The molecule has 0 aromatic carbocycles. The third-order valence-corrected chi connectivity index (χ3v) is 3.39. The average molecular weight is 239 g/mol. The minimum atomic E-state index is -0.383. The third kappa shape index (κ3) is 4.88. The number of aliphatic hydroxyl groups excluding tert-OH is 1. The quantitative estimate of drug-likeness (QED) is 0.725. The second-order valence-electron chi connectivity index (χ2n) is 4.66. The van der Waals surface area contributed by atoms with E-state index in [1.807, 2.05) is 12.3 Å². The fourth-order valence-electron chi connectivity index (χ4n) is 2.17. The first-order valence-corrected chi connectivity index (χ1v) is 6.56. The van der Waals surface area contributed by atoms with Crippen LogP contribution in [0.15, 0.2) is 18.5 Å². The lowest BCUT2D eigenvalue weighted by Crippen LogP contribution is -2.39. The van der Waals surface area contributed by atoms with E-state index in [-0.39, 0.29) is 6.10 Å². The van der Waals surface area contributed by atoms with Crippen molar-refractivity contribution in [3.63, 3.8) is 0 Å². The second kappa shape index (κ2) is 7.45. The number of nitrogens with one attached hydrogen (secondary N) is 1. The summed E-state index contributed by atoms with van der Waals surface area (Å²) in [5.74, 6) is 0.687. The van der Waals surface area contributed by atoms with Crippen LogP contribution in [0.5, 0.6) is 0 Å². The van der Waals surface area contributed by atoms with Crippen LogP contribution >= 0.6 is 0 Å². The first-order chi connectivity index (χ1) is 8.17. The first-order valence-electron chi connectivity index (χ1n) is 6.56. The molecule has 2 N–H and O–H groups in total. The third-order valence-electron chi connectivity index (χ3n) is 3.39. The van der Waals surface area contributed by atoms with E-state index >= 15 is 0 Å². The minimum Gasteiger partial charge on any atom is -0.390 e. The highest BCUT2D eigenvalue weighted by Crippen LogP contribution is 2.12. The Hall–Kier alpha value is -0.870. The van der Waals surface area contributed by atoms with Gasteiger partial charge in [-0.1, -0.05) is 26.7 Å². The Labute approximate surface area is 104 Å². The Morgan fingerprint density at radius 3 is 2.59 bits per heavy atom. The summed E-state index contributed by atoms with van der Waals surface area (Å²) < 4.78 is 1.76. The molecule has 0 bridgehead atoms. The van der Waals surface area contributed by atoms with Crippen LogP contribution in [0, 0.1) is 5.92 Å². The molecule has 17 heavy (non-hydrogen) atoms. The van der Waals surface area contributed by atoms with Crippen molar-refractivity contribution in [3.8, 4) is 0 Å². The van der Waals surface area contributed by atoms with Gasteiger partial charge in [-0.05, 0) is 18.9 Å². The molecule has 0 amide bonds. The molecule has 0 aliphatic rings. The Morgan fingerprint density at radius 2 is 2.06 bits per heavy atom. The monoisotopic (exact) mass is 239 g/mol. The zero-order valence-corrected chi connectivity index (χ0v) is 11.1. The van der Waals surface area contributed by atoms with Gasteiger partial charge in [-0.2, -0.15) is 5.10 Å². The highest BCUT2D eigenvalue weighted by atomic mass is 16.3. The maximum atomic E-state index is 9.87. The van der Waals surface area contributed by atoms with Gasteiger partial charge >= 0.3 is 0 Å². The molecule has 2 unspecified atom stereocenters. The number of rotatable bonds is 8. The van der Waals surface area contributed by atoms with E-state index in [2.05, 4.69) is 31.2 Å². The molecular formula is C13H25N3O. The smallest absolute Gasteiger partial charge is 0.0860 e. The molecule has 1 heterocycles. The van der Waals surface area contributed by atoms with Gasteiger partial charge in [0.25, 0.3) is 0 Å². The Balaban J connectivity index is 2.25. The van der Waals surface area contributed by atoms with Crippen LogP contribution in [0.4, 0.5) is 0 Å². The highest BCUT2D eigenvalue weighted by Gasteiger charge is 2.14. The Kier molecular flexibility index (Phi) is 6.22. The van der Waals surface area contributed by atoms with Crippen LogP contribution in [0.2, 0.25) is 0 Å². The summed E-state index contributed by atoms with van der Waals surface area (Å²) in [4.78, 5) is 0. The van der Waals surface area contributed by atoms with Gasteiger partial charge in [0.05, 0.1) is 12.6 Å². The summed E-state index contributed by atoms with van der Waals surface area (Å²) in [5, 5.41) is 17.4. The van der Waals surface area contributed by atoms with Crippen molar-refractivity contribution < 1.29 is 5.11 Å². The molecule has 4 heteroatoms. The van der Waals surface area contributed by atoms with Crippen LogP contribution < -0.4 is 5.32 Å². The van der Waals surface area contributed by atoms with Gasteiger partial charge in [0.1, 0.15) is 0 Å². The highest BCUT2D eigenvalue weighted by molar-refractivity contribution is 4.79. The summed E-state index contributed by atoms with van der Waals surface area (Å²) in [5.41, 5.74) is 0. The number of aromatic nitrogens is 2. The van der Waals surface area contributed by atoms with Gasteiger partial charge in [0.15, 0.2) is 0 Å². The van der Waals surface area contributed by atoms with Gasteiger partial charge in [0, 0.05) is 25.0 Å². The van der Waals surface area contributed by atoms with Crippen molar-refractivity contribution in [2.45, 2.75) is 52.3 Å². The molecule has 1 aromatic rings. The molecule has 98 valence electrons. The first kappa shape index (κ1) is 14.2. The van der Waals surface area contributed by atoms with E-state index < -0.39 is 0 Å². The Morgan fingerprint density at radius 1 is 1.35 bits per heavy atom. The number of nitrogens with zero attached hydrogens (tertiary/aromatic N) is 2. The van der Waals surface area contributed by atoms with Crippen LogP contribution in [-0.2, 0) is 6.54 Å². The lowest BCUT2D eigenvalue weighted by atomic mass is 9.95. The maximum absolute atomic E-state index is 9.87. The molecule has 0 saturated carbocycles. The van der Waals surface area contributed by atoms with Gasteiger partial charge < -0.3 is 10.4 Å². The van der Waals surface area contributed by atoms with E-state index in [1.165, 1.54) is 12.8 Å². The number of aliphatic hydroxyl groups is 1. The van der Waals surface area contributed by atoms with Crippen LogP contribution in [-0.4, -0.2) is 33.6 Å². The van der Waals surface area contributed by atoms with E-state index in [0.717, 1.165) is 0 Å². The molecular weight excluding hydrogens is 214 g/mol. The minimum absolute atomic E-state index is 0.383. The van der Waals surface area contributed by atoms with E-state index in [0.29, 0.717) is 25.0 Å². The van der Waals surface area contributed by atoms with Gasteiger partial charge in [-0.15, -0.1) is 0 Å². The van der Waals surface area contributed by atoms with Crippen LogP contribution in [0.3, 0.4) is 0 Å². The van der Waals surface area contributed by atoms with Gasteiger partial charge in [-0.3, -0.25) is 4.68 Å². The normalized spacial score (nSPS) is 15.1. The summed E-state index contributed by atoms with van der Waals surface area (Å²) in [6.07, 6.45) is 5.58.